The molecule has 2 nitrogen and oxygen atoms in total. The summed E-state index contributed by atoms with van der Waals surface area (Å²) in [5.74, 6) is 1.11. The molecule has 0 atom stereocenters. The van der Waals surface area contributed by atoms with Gasteiger partial charge in [0.1, 0.15) is 5.84 Å². The lowest BCUT2D eigenvalue weighted by atomic mass is 10.1. The number of hydrogen-bond donors (Lipinski definition) is 1. The lowest BCUT2D eigenvalue weighted by Gasteiger charge is -2.15. The number of likely N-dealkylation sites (N-methyl/N-ethyl adjacent to an activating group) is 1. The van der Waals surface area contributed by atoms with Crippen molar-refractivity contribution in [2.24, 2.45) is 4.99 Å². The van der Waals surface area contributed by atoms with Crippen molar-refractivity contribution in [2.45, 2.75) is 26.7 Å². The molecule has 11 heavy (non-hydrogen) atoms. The molecule has 1 aliphatic heterocycles. The highest BCUT2D eigenvalue weighted by Crippen LogP contribution is 2.11. The largest absolute Gasteiger partial charge is 0.370 e. The van der Waals surface area contributed by atoms with E-state index < -0.39 is 0 Å². The Kier molecular flexibility index (Phi) is 3.14. The molecule has 0 aliphatic carbocycles. The van der Waals surface area contributed by atoms with Crippen LogP contribution < -0.4 is 5.32 Å². The van der Waals surface area contributed by atoms with E-state index in [9.17, 15) is 0 Å². The lowest BCUT2D eigenvalue weighted by molar-refractivity contribution is 0.787. The van der Waals surface area contributed by atoms with Gasteiger partial charge in [0.25, 0.3) is 0 Å². The highest BCUT2D eigenvalue weighted by atomic mass is 15.0. The van der Waals surface area contributed by atoms with E-state index >= 15 is 0 Å². The second-order valence-electron chi connectivity index (χ2n) is 2.68. The first kappa shape index (κ1) is 8.31. The summed E-state index contributed by atoms with van der Waals surface area (Å²) in [5, 5.41) is 3.27. The Balaban J connectivity index is 2.64. The molecule has 1 aliphatic rings. The molecule has 0 bridgehead atoms. The topological polar surface area (TPSA) is 24.4 Å². The number of amidine groups is 1. The maximum Gasteiger partial charge on any atom is 0.123 e. The van der Waals surface area contributed by atoms with Gasteiger partial charge in [-0.2, -0.15) is 0 Å². The molecule has 0 amide bonds. The molecule has 0 saturated carbocycles. The standard InChI is InChI=1S/C9H16N2/c1-3-8-6-5-7-11-9(8)10-4-2/h3H,4-7H2,1-2H3,(H,10,11)/b8-3-. The Bertz CT molecular complexity index is 180. The van der Waals surface area contributed by atoms with Gasteiger partial charge in [-0.3, -0.25) is 4.99 Å². The van der Waals surface area contributed by atoms with Gasteiger partial charge < -0.3 is 5.32 Å². The monoisotopic (exact) mass is 152 g/mol. The molecule has 0 aromatic rings. The molecule has 0 fully saturated rings. The Morgan fingerprint density at radius 3 is 3.09 bits per heavy atom. The van der Waals surface area contributed by atoms with Gasteiger partial charge in [0.05, 0.1) is 0 Å². The Morgan fingerprint density at radius 2 is 2.45 bits per heavy atom. The summed E-state index contributed by atoms with van der Waals surface area (Å²) in [5.41, 5.74) is 1.37. The Labute approximate surface area is 68.4 Å². The second kappa shape index (κ2) is 4.16. The van der Waals surface area contributed by atoms with Crippen molar-refractivity contribution in [3.05, 3.63) is 11.6 Å². The zero-order valence-electron chi connectivity index (χ0n) is 7.35. The molecular formula is C9H16N2. The van der Waals surface area contributed by atoms with Crippen LogP contribution in [0.1, 0.15) is 26.7 Å². The molecule has 2 heteroatoms. The minimum atomic E-state index is 0.968. The molecule has 1 N–H and O–H groups in total. The quantitative estimate of drug-likeness (QED) is 0.608. The van der Waals surface area contributed by atoms with E-state index in [0.717, 1.165) is 18.9 Å². The number of rotatable bonds is 1. The van der Waals surface area contributed by atoms with Crippen molar-refractivity contribution in [1.29, 1.82) is 0 Å². The van der Waals surface area contributed by atoms with Crippen LogP contribution in [-0.2, 0) is 0 Å². The van der Waals surface area contributed by atoms with Crippen LogP contribution in [0.5, 0.6) is 0 Å². The molecule has 0 spiro atoms. The van der Waals surface area contributed by atoms with Crippen molar-refractivity contribution in [2.75, 3.05) is 13.1 Å². The molecule has 62 valence electrons. The van der Waals surface area contributed by atoms with E-state index in [0.29, 0.717) is 0 Å². The third kappa shape index (κ3) is 2.07. The van der Waals surface area contributed by atoms with E-state index in [2.05, 4.69) is 30.2 Å². The average molecular weight is 152 g/mol. The van der Waals surface area contributed by atoms with Gasteiger partial charge in [-0.05, 0) is 32.3 Å². The molecule has 0 saturated heterocycles. The van der Waals surface area contributed by atoms with Crippen LogP contribution in [0.15, 0.2) is 16.6 Å². The normalized spacial score (nSPS) is 21.6. The molecular weight excluding hydrogens is 136 g/mol. The minimum absolute atomic E-state index is 0.968. The molecule has 1 heterocycles. The van der Waals surface area contributed by atoms with Crippen molar-refractivity contribution in [3.8, 4) is 0 Å². The number of hydrogen-bond acceptors (Lipinski definition) is 2. The Hall–Kier alpha value is -0.790. The van der Waals surface area contributed by atoms with Crippen LogP contribution in [0.4, 0.5) is 0 Å². The summed E-state index contributed by atoms with van der Waals surface area (Å²) in [6.07, 6.45) is 4.54. The van der Waals surface area contributed by atoms with Gasteiger partial charge in [-0.1, -0.05) is 6.08 Å². The van der Waals surface area contributed by atoms with E-state index in [4.69, 9.17) is 0 Å². The zero-order chi connectivity index (χ0) is 8.10. The minimum Gasteiger partial charge on any atom is -0.370 e. The van der Waals surface area contributed by atoms with Crippen LogP contribution >= 0.6 is 0 Å². The first-order valence-electron chi connectivity index (χ1n) is 4.32. The van der Waals surface area contributed by atoms with Crippen LogP contribution in [-0.4, -0.2) is 18.9 Å². The second-order valence-corrected chi connectivity index (χ2v) is 2.68. The van der Waals surface area contributed by atoms with Crippen molar-refractivity contribution < 1.29 is 0 Å². The number of nitrogens with zero attached hydrogens (tertiary/aromatic N) is 1. The third-order valence-corrected chi connectivity index (χ3v) is 1.87. The summed E-state index contributed by atoms with van der Waals surface area (Å²) in [4.78, 5) is 4.41. The van der Waals surface area contributed by atoms with Gasteiger partial charge in [0, 0.05) is 13.1 Å². The lowest BCUT2D eigenvalue weighted by Crippen LogP contribution is -2.27. The summed E-state index contributed by atoms with van der Waals surface area (Å²) in [6, 6.07) is 0. The zero-order valence-corrected chi connectivity index (χ0v) is 7.35. The third-order valence-electron chi connectivity index (χ3n) is 1.87. The van der Waals surface area contributed by atoms with E-state index in [1.54, 1.807) is 0 Å². The van der Waals surface area contributed by atoms with E-state index in [1.165, 1.54) is 18.4 Å². The molecule has 0 aromatic heterocycles. The van der Waals surface area contributed by atoms with Crippen molar-refractivity contribution >= 4 is 5.84 Å². The van der Waals surface area contributed by atoms with Gasteiger partial charge >= 0.3 is 0 Å². The predicted molar refractivity (Wildman–Crippen MR) is 49.0 cm³/mol. The van der Waals surface area contributed by atoms with Crippen molar-refractivity contribution in [1.82, 2.24) is 5.32 Å². The fourth-order valence-electron chi connectivity index (χ4n) is 1.30. The summed E-state index contributed by atoms with van der Waals surface area (Å²) in [6.45, 7) is 6.13. The highest BCUT2D eigenvalue weighted by Gasteiger charge is 2.08. The fourth-order valence-corrected chi connectivity index (χ4v) is 1.30. The molecule has 1 rings (SSSR count). The maximum atomic E-state index is 4.41. The smallest absolute Gasteiger partial charge is 0.123 e. The van der Waals surface area contributed by atoms with Gasteiger partial charge in [-0.15, -0.1) is 0 Å². The Morgan fingerprint density at radius 1 is 1.64 bits per heavy atom. The van der Waals surface area contributed by atoms with Crippen LogP contribution in [0.3, 0.4) is 0 Å². The SMILES string of the molecule is C/C=C1/CCCN=C1NCC. The average Bonchev–Trinajstić information content (AvgIpc) is 2.06. The number of allylic oxidation sites excluding steroid dienone is 1. The van der Waals surface area contributed by atoms with Gasteiger partial charge in [0.2, 0.25) is 0 Å². The first-order chi connectivity index (χ1) is 5.38. The van der Waals surface area contributed by atoms with Crippen LogP contribution in [0, 0.1) is 0 Å². The summed E-state index contributed by atoms with van der Waals surface area (Å²) in [7, 11) is 0. The van der Waals surface area contributed by atoms with Crippen LogP contribution in [0.25, 0.3) is 0 Å². The summed E-state index contributed by atoms with van der Waals surface area (Å²) < 4.78 is 0. The molecule has 0 aromatic carbocycles. The van der Waals surface area contributed by atoms with Crippen molar-refractivity contribution in [3.63, 3.8) is 0 Å². The molecule has 0 unspecified atom stereocenters. The maximum absolute atomic E-state index is 4.41. The fraction of sp³-hybridized carbons (Fsp3) is 0.667. The predicted octanol–water partition coefficient (Wildman–Crippen LogP) is 1.73. The first-order valence-corrected chi connectivity index (χ1v) is 4.32. The van der Waals surface area contributed by atoms with Gasteiger partial charge in [-0.25, -0.2) is 0 Å². The van der Waals surface area contributed by atoms with E-state index in [1.807, 2.05) is 0 Å². The van der Waals surface area contributed by atoms with Gasteiger partial charge in [0.15, 0.2) is 0 Å². The number of nitrogens with one attached hydrogen (secondary N) is 1. The summed E-state index contributed by atoms with van der Waals surface area (Å²) >= 11 is 0. The number of aliphatic imine (C=N–C) groups is 1. The van der Waals surface area contributed by atoms with E-state index in [-0.39, 0.29) is 0 Å². The van der Waals surface area contributed by atoms with Crippen LogP contribution in [0.2, 0.25) is 0 Å². The molecule has 0 radical (unpaired) electrons. The highest BCUT2D eigenvalue weighted by molar-refractivity contribution is 5.98.